The van der Waals surface area contributed by atoms with E-state index < -0.39 is 0 Å². The number of benzene rings is 2. The molecule has 0 spiro atoms. The average molecular weight is 324 g/mol. The predicted octanol–water partition coefficient (Wildman–Crippen LogP) is 3.95. The van der Waals surface area contributed by atoms with Crippen molar-refractivity contribution in [1.82, 2.24) is 9.80 Å². The first-order valence-electron chi connectivity index (χ1n) is 8.69. The Morgan fingerprint density at radius 2 is 1.38 bits per heavy atom. The van der Waals surface area contributed by atoms with E-state index in [1.807, 2.05) is 41.3 Å². The summed E-state index contributed by atoms with van der Waals surface area (Å²) >= 11 is 0. The van der Waals surface area contributed by atoms with Gasteiger partial charge in [0.05, 0.1) is 6.54 Å². The van der Waals surface area contributed by atoms with Crippen LogP contribution in [0.15, 0.2) is 60.7 Å². The van der Waals surface area contributed by atoms with Gasteiger partial charge in [0, 0.05) is 19.1 Å². The Kier molecular flexibility index (Phi) is 7.01. The number of hydrogen-bond acceptors (Lipinski definition) is 2. The second kappa shape index (κ2) is 9.24. The van der Waals surface area contributed by atoms with Crippen molar-refractivity contribution in [2.24, 2.45) is 0 Å². The van der Waals surface area contributed by atoms with Crippen LogP contribution in [0.2, 0.25) is 0 Å². The molecule has 2 rings (SSSR count). The molecule has 3 heteroatoms. The van der Waals surface area contributed by atoms with E-state index >= 15 is 0 Å². The molecule has 0 aromatic heterocycles. The molecule has 2 aromatic carbocycles. The van der Waals surface area contributed by atoms with Crippen molar-refractivity contribution in [2.45, 2.75) is 39.9 Å². The highest BCUT2D eigenvalue weighted by Crippen LogP contribution is 2.11. The first kappa shape index (κ1) is 18.2. The van der Waals surface area contributed by atoms with Crippen LogP contribution >= 0.6 is 0 Å². The van der Waals surface area contributed by atoms with Crippen molar-refractivity contribution in [1.29, 1.82) is 0 Å². The number of rotatable bonds is 8. The molecule has 0 N–H and O–H groups in total. The lowest BCUT2D eigenvalue weighted by molar-refractivity contribution is -0.134. The highest BCUT2D eigenvalue weighted by molar-refractivity contribution is 5.78. The lowest BCUT2D eigenvalue weighted by Gasteiger charge is -2.30. The molecule has 0 saturated heterocycles. The summed E-state index contributed by atoms with van der Waals surface area (Å²) in [5, 5.41) is 0. The van der Waals surface area contributed by atoms with Gasteiger partial charge in [-0.1, -0.05) is 67.6 Å². The van der Waals surface area contributed by atoms with Gasteiger partial charge in [-0.3, -0.25) is 9.69 Å². The standard InChI is InChI=1S/C21H28N2O/c1-4-22(15-19-11-7-5-8-12-19)17-21(24)23(18(2)3)16-20-13-9-6-10-14-20/h5-14,18H,4,15-17H2,1-3H3. The first-order chi connectivity index (χ1) is 11.6. The molecule has 0 aliphatic carbocycles. The van der Waals surface area contributed by atoms with Crippen LogP contribution in [-0.4, -0.2) is 34.8 Å². The minimum Gasteiger partial charge on any atom is -0.335 e. The molecule has 0 heterocycles. The van der Waals surface area contributed by atoms with E-state index in [1.165, 1.54) is 11.1 Å². The summed E-state index contributed by atoms with van der Waals surface area (Å²) in [4.78, 5) is 17.0. The molecular weight excluding hydrogens is 296 g/mol. The number of carbonyl (C=O) groups excluding carboxylic acids is 1. The predicted molar refractivity (Wildman–Crippen MR) is 99.5 cm³/mol. The second-order valence-electron chi connectivity index (χ2n) is 6.39. The Labute approximate surface area is 145 Å². The van der Waals surface area contributed by atoms with Crippen LogP contribution in [0.3, 0.4) is 0 Å². The molecule has 0 saturated carbocycles. The van der Waals surface area contributed by atoms with Gasteiger partial charge in [-0.15, -0.1) is 0 Å². The molecule has 0 fully saturated rings. The normalized spacial score (nSPS) is 11.0. The smallest absolute Gasteiger partial charge is 0.237 e. The molecule has 3 nitrogen and oxygen atoms in total. The largest absolute Gasteiger partial charge is 0.335 e. The van der Waals surface area contributed by atoms with Crippen LogP contribution in [0.1, 0.15) is 31.9 Å². The third-order valence-corrected chi connectivity index (χ3v) is 4.19. The zero-order valence-electron chi connectivity index (χ0n) is 15.0. The lowest BCUT2D eigenvalue weighted by Crippen LogP contribution is -2.43. The summed E-state index contributed by atoms with van der Waals surface area (Å²) in [6.07, 6.45) is 0. The van der Waals surface area contributed by atoms with Gasteiger partial charge in [0.1, 0.15) is 0 Å². The maximum Gasteiger partial charge on any atom is 0.237 e. The fourth-order valence-electron chi connectivity index (χ4n) is 2.74. The zero-order valence-corrected chi connectivity index (χ0v) is 15.0. The van der Waals surface area contributed by atoms with Crippen LogP contribution < -0.4 is 0 Å². The van der Waals surface area contributed by atoms with Crippen molar-refractivity contribution in [2.75, 3.05) is 13.1 Å². The molecule has 128 valence electrons. The molecule has 0 atom stereocenters. The van der Waals surface area contributed by atoms with Crippen LogP contribution in [0, 0.1) is 0 Å². The summed E-state index contributed by atoms with van der Waals surface area (Å²) in [5.74, 6) is 0.187. The minimum absolute atomic E-state index is 0.187. The highest BCUT2D eigenvalue weighted by atomic mass is 16.2. The lowest BCUT2D eigenvalue weighted by atomic mass is 10.1. The van der Waals surface area contributed by atoms with Crippen molar-refractivity contribution >= 4 is 5.91 Å². The number of nitrogens with zero attached hydrogens (tertiary/aromatic N) is 2. The SMILES string of the molecule is CCN(CC(=O)N(Cc1ccccc1)C(C)C)Cc1ccccc1. The van der Waals surface area contributed by atoms with Gasteiger partial charge in [0.25, 0.3) is 0 Å². The van der Waals surface area contributed by atoms with Crippen LogP contribution in [-0.2, 0) is 17.9 Å². The van der Waals surface area contributed by atoms with Crippen LogP contribution in [0.5, 0.6) is 0 Å². The van der Waals surface area contributed by atoms with Crippen molar-refractivity contribution in [3.05, 3.63) is 71.8 Å². The topological polar surface area (TPSA) is 23.6 Å². The summed E-state index contributed by atoms with van der Waals surface area (Å²) in [5.41, 5.74) is 2.41. The zero-order chi connectivity index (χ0) is 17.4. The fourth-order valence-corrected chi connectivity index (χ4v) is 2.74. The number of carbonyl (C=O) groups is 1. The summed E-state index contributed by atoms with van der Waals surface area (Å²) in [7, 11) is 0. The maximum absolute atomic E-state index is 12.8. The van der Waals surface area contributed by atoms with Crippen molar-refractivity contribution in [3.63, 3.8) is 0 Å². The van der Waals surface area contributed by atoms with Crippen molar-refractivity contribution < 1.29 is 4.79 Å². The Balaban J connectivity index is 2.00. The fraction of sp³-hybridized carbons (Fsp3) is 0.381. The first-order valence-corrected chi connectivity index (χ1v) is 8.69. The van der Waals surface area contributed by atoms with E-state index in [0.29, 0.717) is 13.1 Å². The summed E-state index contributed by atoms with van der Waals surface area (Å²) in [6.45, 7) is 9.05. The van der Waals surface area contributed by atoms with Crippen LogP contribution in [0.25, 0.3) is 0 Å². The van der Waals surface area contributed by atoms with Crippen LogP contribution in [0.4, 0.5) is 0 Å². The van der Waals surface area contributed by atoms with Gasteiger partial charge in [-0.2, -0.15) is 0 Å². The Morgan fingerprint density at radius 1 is 0.875 bits per heavy atom. The molecule has 0 aliphatic rings. The van der Waals surface area contributed by atoms with E-state index in [4.69, 9.17) is 0 Å². The molecule has 2 aromatic rings. The molecule has 0 radical (unpaired) electrons. The Hall–Kier alpha value is -2.13. The van der Waals surface area contributed by atoms with Gasteiger partial charge < -0.3 is 4.90 Å². The molecule has 0 aliphatic heterocycles. The Bertz CT molecular complexity index is 610. The third kappa shape index (κ3) is 5.50. The minimum atomic E-state index is 0.187. The maximum atomic E-state index is 12.8. The number of likely N-dealkylation sites (N-methyl/N-ethyl adjacent to an activating group) is 1. The van der Waals surface area contributed by atoms with E-state index in [-0.39, 0.29) is 11.9 Å². The second-order valence-corrected chi connectivity index (χ2v) is 6.39. The Morgan fingerprint density at radius 3 is 1.83 bits per heavy atom. The van der Waals surface area contributed by atoms with E-state index in [9.17, 15) is 4.79 Å². The molecule has 24 heavy (non-hydrogen) atoms. The van der Waals surface area contributed by atoms with E-state index in [2.05, 4.69) is 49.9 Å². The van der Waals surface area contributed by atoms with Gasteiger partial charge >= 0.3 is 0 Å². The van der Waals surface area contributed by atoms with Gasteiger partial charge in [-0.05, 0) is 31.5 Å². The van der Waals surface area contributed by atoms with E-state index in [1.54, 1.807) is 0 Å². The van der Waals surface area contributed by atoms with Gasteiger partial charge in [0.2, 0.25) is 5.91 Å². The van der Waals surface area contributed by atoms with Gasteiger partial charge in [-0.25, -0.2) is 0 Å². The van der Waals surface area contributed by atoms with Gasteiger partial charge in [0.15, 0.2) is 0 Å². The summed E-state index contributed by atoms with van der Waals surface area (Å²) < 4.78 is 0. The highest BCUT2D eigenvalue weighted by Gasteiger charge is 2.19. The number of amides is 1. The van der Waals surface area contributed by atoms with E-state index in [0.717, 1.165) is 13.1 Å². The quantitative estimate of drug-likeness (QED) is 0.734. The average Bonchev–Trinajstić information content (AvgIpc) is 2.60. The molecular formula is C21H28N2O. The summed E-state index contributed by atoms with van der Waals surface area (Å²) in [6, 6.07) is 20.7. The molecule has 0 unspecified atom stereocenters. The van der Waals surface area contributed by atoms with Crippen molar-refractivity contribution in [3.8, 4) is 0 Å². The molecule has 1 amide bonds. The monoisotopic (exact) mass is 324 g/mol. The number of hydrogen-bond donors (Lipinski definition) is 0. The third-order valence-electron chi connectivity index (χ3n) is 4.19. The molecule has 0 bridgehead atoms.